The highest BCUT2D eigenvalue weighted by Crippen LogP contribution is 2.14. The second-order valence-corrected chi connectivity index (χ2v) is 9.29. The number of alkyl carbamates (subject to hydrolysis) is 1. The van der Waals surface area contributed by atoms with Gasteiger partial charge < -0.3 is 25.2 Å². The number of hydrogen-bond acceptors (Lipinski definition) is 6. The van der Waals surface area contributed by atoms with Crippen LogP contribution in [0.25, 0.3) is 0 Å². The molecule has 1 atom stereocenters. The van der Waals surface area contributed by atoms with Crippen LogP contribution in [0.2, 0.25) is 0 Å². The van der Waals surface area contributed by atoms with Gasteiger partial charge in [-0.3, -0.25) is 19.9 Å². The summed E-state index contributed by atoms with van der Waals surface area (Å²) in [6, 6.07) is -0.557. The number of amides is 3. The van der Waals surface area contributed by atoms with E-state index < -0.39 is 17.7 Å². The van der Waals surface area contributed by atoms with Gasteiger partial charge in [0.05, 0.1) is 6.54 Å². The number of guanidine groups is 1. The van der Waals surface area contributed by atoms with E-state index in [0.29, 0.717) is 32.5 Å². The van der Waals surface area contributed by atoms with Gasteiger partial charge in [-0.25, -0.2) is 4.79 Å². The van der Waals surface area contributed by atoms with Crippen LogP contribution in [-0.4, -0.2) is 84.6 Å². The molecule has 0 aromatic carbocycles. The number of carbonyl (C=O) groups is 3. The summed E-state index contributed by atoms with van der Waals surface area (Å²) in [4.78, 5) is 45.0. The van der Waals surface area contributed by atoms with Gasteiger partial charge in [-0.15, -0.1) is 0 Å². The first-order chi connectivity index (χ1) is 15.7. The van der Waals surface area contributed by atoms with E-state index in [1.165, 1.54) is 0 Å². The SMILES string of the molecule is CC(C)(C)OC(=O)NCCCN=C(NC#N)NC1CCCCN(CC(=O)N2CCCC2)C1=O. The van der Waals surface area contributed by atoms with Gasteiger partial charge in [0, 0.05) is 32.7 Å². The van der Waals surface area contributed by atoms with Crippen molar-refractivity contribution in [2.24, 2.45) is 4.99 Å². The van der Waals surface area contributed by atoms with Crippen molar-refractivity contribution in [2.45, 2.75) is 70.9 Å². The summed E-state index contributed by atoms with van der Waals surface area (Å²) < 4.78 is 5.18. The molecule has 3 N–H and O–H groups in total. The fraction of sp³-hybridized carbons (Fsp3) is 0.773. The van der Waals surface area contributed by atoms with Crippen LogP contribution in [0.1, 0.15) is 59.3 Å². The maximum atomic E-state index is 13.1. The molecule has 3 amide bonds. The van der Waals surface area contributed by atoms with Gasteiger partial charge >= 0.3 is 6.09 Å². The van der Waals surface area contributed by atoms with Crippen LogP contribution in [0.3, 0.4) is 0 Å². The molecule has 2 fully saturated rings. The van der Waals surface area contributed by atoms with Crippen molar-refractivity contribution in [1.29, 1.82) is 5.26 Å². The van der Waals surface area contributed by atoms with E-state index in [4.69, 9.17) is 10.00 Å². The summed E-state index contributed by atoms with van der Waals surface area (Å²) in [6.45, 7) is 8.23. The minimum atomic E-state index is -0.561. The topological polar surface area (TPSA) is 139 Å². The Morgan fingerprint density at radius 3 is 2.55 bits per heavy atom. The molecule has 2 saturated heterocycles. The van der Waals surface area contributed by atoms with E-state index in [2.05, 4.69) is 20.9 Å². The zero-order chi connectivity index (χ0) is 24.3. The minimum Gasteiger partial charge on any atom is -0.444 e. The predicted octanol–water partition coefficient (Wildman–Crippen LogP) is 0.921. The van der Waals surface area contributed by atoms with Crippen molar-refractivity contribution in [3.8, 4) is 6.19 Å². The molecule has 0 saturated carbocycles. The lowest BCUT2D eigenvalue weighted by atomic mass is 10.1. The molecule has 0 aromatic rings. The Balaban J connectivity index is 1.86. The molecule has 0 spiro atoms. The number of nitrogens with one attached hydrogen (secondary N) is 3. The summed E-state index contributed by atoms with van der Waals surface area (Å²) in [6.07, 6.45) is 6.15. The van der Waals surface area contributed by atoms with Crippen molar-refractivity contribution in [1.82, 2.24) is 25.8 Å². The molecule has 1 unspecified atom stereocenters. The van der Waals surface area contributed by atoms with Crippen molar-refractivity contribution >= 4 is 23.9 Å². The molecular weight excluding hydrogens is 426 g/mol. The van der Waals surface area contributed by atoms with Gasteiger partial charge in [-0.2, -0.15) is 5.26 Å². The molecule has 11 nitrogen and oxygen atoms in total. The highest BCUT2D eigenvalue weighted by Gasteiger charge is 2.30. The van der Waals surface area contributed by atoms with E-state index in [0.717, 1.165) is 38.8 Å². The molecule has 33 heavy (non-hydrogen) atoms. The van der Waals surface area contributed by atoms with Crippen LogP contribution in [0.15, 0.2) is 4.99 Å². The Hall–Kier alpha value is -3.03. The summed E-state index contributed by atoms with van der Waals surface area (Å²) >= 11 is 0. The summed E-state index contributed by atoms with van der Waals surface area (Å²) in [7, 11) is 0. The standard InChI is InChI=1S/C22H37N7O4/c1-22(2,3)33-21(32)25-11-8-10-24-20(26-16-23)27-17-9-4-5-14-29(19(17)31)15-18(30)28-12-6-7-13-28/h17H,4-15H2,1-3H3,(H,25,32)(H2,24,26,27). The van der Waals surface area contributed by atoms with Crippen molar-refractivity contribution in [3.63, 3.8) is 0 Å². The molecule has 11 heteroatoms. The molecule has 0 aromatic heterocycles. The molecule has 2 heterocycles. The Morgan fingerprint density at radius 2 is 1.88 bits per heavy atom. The number of nitrogens with zero attached hydrogens (tertiary/aromatic N) is 4. The molecule has 2 rings (SSSR count). The third-order valence-electron chi connectivity index (χ3n) is 5.32. The monoisotopic (exact) mass is 463 g/mol. The van der Waals surface area contributed by atoms with Crippen LogP contribution < -0.4 is 16.0 Å². The summed E-state index contributed by atoms with van der Waals surface area (Å²) in [5, 5.41) is 17.2. The summed E-state index contributed by atoms with van der Waals surface area (Å²) in [5.41, 5.74) is -0.561. The lowest BCUT2D eigenvalue weighted by Gasteiger charge is -2.27. The van der Waals surface area contributed by atoms with E-state index in [9.17, 15) is 14.4 Å². The molecule has 0 bridgehead atoms. The summed E-state index contributed by atoms with van der Waals surface area (Å²) in [5.74, 6) is 0.0444. The number of aliphatic imine (C=N–C) groups is 1. The highest BCUT2D eigenvalue weighted by molar-refractivity contribution is 5.92. The number of carbonyl (C=O) groups excluding carboxylic acids is 3. The second kappa shape index (κ2) is 12.9. The zero-order valence-corrected chi connectivity index (χ0v) is 20.0. The van der Waals surface area contributed by atoms with Crippen LogP contribution >= 0.6 is 0 Å². The van der Waals surface area contributed by atoms with E-state index in [-0.39, 0.29) is 24.3 Å². The fourth-order valence-electron chi connectivity index (χ4n) is 3.74. The van der Waals surface area contributed by atoms with Crippen LogP contribution in [0.5, 0.6) is 0 Å². The lowest BCUT2D eigenvalue weighted by Crippen LogP contribution is -2.52. The number of likely N-dealkylation sites (tertiary alicyclic amines) is 2. The van der Waals surface area contributed by atoms with Gasteiger partial charge in [0.15, 0.2) is 6.19 Å². The maximum absolute atomic E-state index is 13.1. The van der Waals surface area contributed by atoms with Crippen molar-refractivity contribution < 1.29 is 19.1 Å². The largest absolute Gasteiger partial charge is 0.444 e. The normalized spacial score (nSPS) is 19.5. The van der Waals surface area contributed by atoms with Gasteiger partial charge in [-0.05, 0) is 59.3 Å². The fourth-order valence-corrected chi connectivity index (χ4v) is 3.74. The van der Waals surface area contributed by atoms with Crippen molar-refractivity contribution in [2.75, 3.05) is 39.3 Å². The first-order valence-corrected chi connectivity index (χ1v) is 11.7. The molecular formula is C22H37N7O4. The first-order valence-electron chi connectivity index (χ1n) is 11.7. The Morgan fingerprint density at radius 1 is 1.18 bits per heavy atom. The van der Waals surface area contributed by atoms with E-state index in [1.54, 1.807) is 25.7 Å². The first kappa shape index (κ1) is 26.2. The van der Waals surface area contributed by atoms with Crippen LogP contribution in [-0.2, 0) is 14.3 Å². The molecule has 2 aliphatic rings. The van der Waals surface area contributed by atoms with Gasteiger partial charge in [0.25, 0.3) is 0 Å². The maximum Gasteiger partial charge on any atom is 0.407 e. The average Bonchev–Trinajstić information content (AvgIpc) is 3.22. The third-order valence-corrected chi connectivity index (χ3v) is 5.32. The molecule has 0 radical (unpaired) electrons. The molecule has 2 aliphatic heterocycles. The molecule has 0 aliphatic carbocycles. The van der Waals surface area contributed by atoms with Crippen LogP contribution in [0, 0.1) is 11.5 Å². The number of nitriles is 1. The minimum absolute atomic E-state index is 0.0111. The van der Waals surface area contributed by atoms with E-state index in [1.807, 2.05) is 11.1 Å². The zero-order valence-electron chi connectivity index (χ0n) is 20.0. The smallest absolute Gasteiger partial charge is 0.407 e. The second-order valence-electron chi connectivity index (χ2n) is 9.29. The number of ether oxygens (including phenoxy) is 1. The van der Waals surface area contributed by atoms with Crippen LogP contribution in [0.4, 0.5) is 4.79 Å². The van der Waals surface area contributed by atoms with Gasteiger partial charge in [0.2, 0.25) is 17.8 Å². The Labute approximate surface area is 195 Å². The average molecular weight is 464 g/mol. The Bertz CT molecular complexity index is 751. The van der Waals surface area contributed by atoms with Gasteiger partial charge in [0.1, 0.15) is 11.6 Å². The Kier molecular flexibility index (Phi) is 10.2. The lowest BCUT2D eigenvalue weighted by molar-refractivity contribution is -0.140. The predicted molar refractivity (Wildman–Crippen MR) is 123 cm³/mol. The number of rotatable bonds is 7. The quantitative estimate of drug-likeness (QED) is 0.168. The van der Waals surface area contributed by atoms with Crippen molar-refractivity contribution in [3.05, 3.63) is 0 Å². The van der Waals surface area contributed by atoms with E-state index >= 15 is 0 Å². The molecule has 184 valence electrons. The van der Waals surface area contributed by atoms with Gasteiger partial charge in [-0.1, -0.05) is 0 Å². The number of hydrogen-bond donors (Lipinski definition) is 3. The highest BCUT2D eigenvalue weighted by atomic mass is 16.6. The third kappa shape index (κ3) is 9.55.